The number of aromatic nitrogens is 2. The van der Waals surface area contributed by atoms with Gasteiger partial charge in [0.15, 0.2) is 6.29 Å². The van der Waals surface area contributed by atoms with E-state index in [1.54, 1.807) is 6.33 Å². The minimum Gasteiger partial charge on any atom is -0.345 e. The number of carbonyl (C=O) groups is 1. The Morgan fingerprint density at radius 1 is 1.50 bits per heavy atom. The lowest BCUT2D eigenvalue weighted by atomic mass is 10.1. The van der Waals surface area contributed by atoms with Crippen LogP contribution >= 0.6 is 0 Å². The molecule has 0 bridgehead atoms. The van der Waals surface area contributed by atoms with Crippen molar-refractivity contribution < 1.29 is 4.79 Å². The van der Waals surface area contributed by atoms with Crippen LogP contribution in [0.4, 0.5) is 0 Å². The van der Waals surface area contributed by atoms with Gasteiger partial charge in [0, 0.05) is 5.56 Å². The fraction of sp³-hybridized carbons (Fsp3) is 0.111. The Bertz CT molecular complexity index is 431. The van der Waals surface area contributed by atoms with E-state index >= 15 is 0 Å². The Kier molecular flexibility index (Phi) is 1.43. The third-order valence-electron chi connectivity index (χ3n) is 1.82. The summed E-state index contributed by atoms with van der Waals surface area (Å²) in [6.07, 6.45) is 2.42. The van der Waals surface area contributed by atoms with Crippen molar-refractivity contribution in [2.45, 2.75) is 6.92 Å². The molecule has 0 amide bonds. The number of aromatic amines is 1. The number of aryl methyl sites for hydroxylation is 1. The molecular formula is C9H8N2O. The summed E-state index contributed by atoms with van der Waals surface area (Å²) in [4.78, 5) is 17.6. The number of carbonyl (C=O) groups excluding carboxylic acids is 1. The van der Waals surface area contributed by atoms with Crippen LogP contribution in [0.1, 0.15) is 15.9 Å². The number of rotatable bonds is 1. The molecule has 2 aromatic rings. The molecule has 0 aliphatic heterocycles. The van der Waals surface area contributed by atoms with Gasteiger partial charge in [-0.1, -0.05) is 0 Å². The first-order chi connectivity index (χ1) is 5.81. The number of H-pyrrole nitrogens is 1. The van der Waals surface area contributed by atoms with Crippen molar-refractivity contribution in [2.24, 2.45) is 0 Å². The number of hydrogen-bond acceptors (Lipinski definition) is 2. The highest BCUT2D eigenvalue weighted by Gasteiger charge is 2.02. The third kappa shape index (κ3) is 0.906. The lowest BCUT2D eigenvalue weighted by molar-refractivity contribution is 0.112. The van der Waals surface area contributed by atoms with Gasteiger partial charge in [-0.15, -0.1) is 0 Å². The molecule has 0 saturated carbocycles. The van der Waals surface area contributed by atoms with E-state index in [0.29, 0.717) is 5.56 Å². The van der Waals surface area contributed by atoms with Gasteiger partial charge >= 0.3 is 0 Å². The van der Waals surface area contributed by atoms with Crippen molar-refractivity contribution >= 4 is 17.3 Å². The second kappa shape index (κ2) is 2.44. The van der Waals surface area contributed by atoms with E-state index in [0.717, 1.165) is 22.9 Å². The molecule has 2 rings (SSSR count). The summed E-state index contributed by atoms with van der Waals surface area (Å²) >= 11 is 0. The highest BCUT2D eigenvalue weighted by atomic mass is 16.1. The summed E-state index contributed by atoms with van der Waals surface area (Å²) in [5, 5.41) is 0. The third-order valence-corrected chi connectivity index (χ3v) is 1.82. The zero-order valence-electron chi connectivity index (χ0n) is 6.66. The van der Waals surface area contributed by atoms with Gasteiger partial charge in [0.05, 0.1) is 17.4 Å². The highest BCUT2D eigenvalue weighted by molar-refractivity contribution is 5.94. The van der Waals surface area contributed by atoms with E-state index in [2.05, 4.69) is 9.97 Å². The van der Waals surface area contributed by atoms with Crippen LogP contribution in [-0.4, -0.2) is 16.3 Å². The number of benzene rings is 1. The summed E-state index contributed by atoms with van der Waals surface area (Å²) in [5.74, 6) is 0. The van der Waals surface area contributed by atoms with Crippen molar-refractivity contribution in [3.63, 3.8) is 0 Å². The first-order valence-electron chi connectivity index (χ1n) is 3.70. The first kappa shape index (κ1) is 7.03. The molecule has 12 heavy (non-hydrogen) atoms. The van der Waals surface area contributed by atoms with Gasteiger partial charge in [0.1, 0.15) is 0 Å². The van der Waals surface area contributed by atoms with E-state index < -0.39 is 0 Å². The van der Waals surface area contributed by atoms with Crippen LogP contribution < -0.4 is 0 Å². The lowest BCUT2D eigenvalue weighted by Crippen LogP contribution is -1.84. The largest absolute Gasteiger partial charge is 0.345 e. The molecule has 3 heteroatoms. The fourth-order valence-electron chi connectivity index (χ4n) is 1.32. The molecule has 60 valence electrons. The maximum absolute atomic E-state index is 10.6. The Morgan fingerprint density at radius 3 is 3.08 bits per heavy atom. The van der Waals surface area contributed by atoms with Crippen LogP contribution in [0.2, 0.25) is 0 Å². The van der Waals surface area contributed by atoms with Crippen LogP contribution in [0.25, 0.3) is 11.0 Å². The van der Waals surface area contributed by atoms with Gasteiger partial charge < -0.3 is 4.98 Å². The summed E-state index contributed by atoms with van der Waals surface area (Å²) in [7, 11) is 0. The fourth-order valence-corrected chi connectivity index (χ4v) is 1.32. The zero-order chi connectivity index (χ0) is 8.55. The van der Waals surface area contributed by atoms with Crippen LogP contribution in [-0.2, 0) is 0 Å². The molecule has 0 spiro atoms. The number of nitrogens with one attached hydrogen (secondary N) is 1. The molecule has 1 N–H and O–H groups in total. The number of nitrogens with zero attached hydrogens (tertiary/aromatic N) is 1. The molecule has 1 aromatic heterocycles. The number of imidazole rings is 1. The molecule has 3 nitrogen and oxygen atoms in total. The van der Waals surface area contributed by atoms with Gasteiger partial charge in [0.25, 0.3) is 0 Å². The molecule has 0 saturated heterocycles. The molecule has 1 aromatic carbocycles. The van der Waals surface area contributed by atoms with Crippen molar-refractivity contribution in [3.8, 4) is 0 Å². The normalized spacial score (nSPS) is 10.4. The van der Waals surface area contributed by atoms with Crippen molar-refractivity contribution in [2.75, 3.05) is 0 Å². The number of hydrogen-bond donors (Lipinski definition) is 1. The van der Waals surface area contributed by atoms with Gasteiger partial charge in [-0.25, -0.2) is 4.98 Å². The minimum atomic E-state index is 0.645. The highest BCUT2D eigenvalue weighted by Crippen LogP contribution is 2.15. The van der Waals surface area contributed by atoms with Crippen LogP contribution in [0.3, 0.4) is 0 Å². The summed E-state index contributed by atoms with van der Waals surface area (Å²) < 4.78 is 0. The van der Waals surface area contributed by atoms with Crippen LogP contribution in [0.15, 0.2) is 18.5 Å². The molecule has 0 radical (unpaired) electrons. The number of fused-ring (bicyclic) bond motifs is 1. The Labute approximate surface area is 69.4 Å². The van der Waals surface area contributed by atoms with Crippen LogP contribution in [0.5, 0.6) is 0 Å². The average molecular weight is 160 g/mol. The van der Waals surface area contributed by atoms with E-state index in [4.69, 9.17) is 0 Å². The van der Waals surface area contributed by atoms with Crippen molar-refractivity contribution in [3.05, 3.63) is 29.6 Å². The van der Waals surface area contributed by atoms with Gasteiger partial charge in [0.2, 0.25) is 0 Å². The van der Waals surface area contributed by atoms with Crippen molar-refractivity contribution in [1.29, 1.82) is 0 Å². The zero-order valence-corrected chi connectivity index (χ0v) is 6.66. The van der Waals surface area contributed by atoms with Crippen LogP contribution in [0, 0.1) is 6.92 Å². The predicted molar refractivity (Wildman–Crippen MR) is 46.2 cm³/mol. The van der Waals surface area contributed by atoms with E-state index in [1.165, 1.54) is 0 Å². The molecule has 1 heterocycles. The van der Waals surface area contributed by atoms with Crippen molar-refractivity contribution in [1.82, 2.24) is 9.97 Å². The predicted octanol–water partition coefficient (Wildman–Crippen LogP) is 1.68. The molecule has 0 aliphatic rings. The summed E-state index contributed by atoms with van der Waals surface area (Å²) in [6.45, 7) is 1.95. The van der Waals surface area contributed by atoms with Gasteiger partial charge in [-0.2, -0.15) is 0 Å². The Hall–Kier alpha value is -1.64. The second-order valence-corrected chi connectivity index (χ2v) is 2.77. The number of aldehydes is 1. The summed E-state index contributed by atoms with van der Waals surface area (Å²) in [6, 6.07) is 3.80. The topological polar surface area (TPSA) is 45.8 Å². The Balaban J connectivity index is 2.88. The average Bonchev–Trinajstić information content (AvgIpc) is 2.50. The van der Waals surface area contributed by atoms with E-state index in [-0.39, 0.29) is 0 Å². The Morgan fingerprint density at radius 2 is 2.33 bits per heavy atom. The second-order valence-electron chi connectivity index (χ2n) is 2.77. The quantitative estimate of drug-likeness (QED) is 0.645. The SMILES string of the molecule is Cc1cc(C=O)c2nc[nH]c2c1. The first-order valence-corrected chi connectivity index (χ1v) is 3.70. The summed E-state index contributed by atoms with van der Waals surface area (Å²) in [5.41, 5.74) is 3.37. The molecule has 0 fully saturated rings. The molecule has 0 unspecified atom stereocenters. The van der Waals surface area contributed by atoms with Gasteiger partial charge in [-0.05, 0) is 24.6 Å². The minimum absolute atomic E-state index is 0.645. The molecule has 0 atom stereocenters. The maximum atomic E-state index is 10.6. The lowest BCUT2D eigenvalue weighted by Gasteiger charge is -1.95. The van der Waals surface area contributed by atoms with E-state index in [1.807, 2.05) is 19.1 Å². The molecule has 0 aliphatic carbocycles. The van der Waals surface area contributed by atoms with Gasteiger partial charge in [-0.3, -0.25) is 4.79 Å². The standard InChI is InChI=1S/C9H8N2O/c1-6-2-7(4-12)9-8(3-6)10-5-11-9/h2-5H,1H3,(H,10,11). The molecular weight excluding hydrogens is 152 g/mol. The smallest absolute Gasteiger partial charge is 0.152 e. The van der Waals surface area contributed by atoms with E-state index in [9.17, 15) is 4.79 Å². The monoisotopic (exact) mass is 160 g/mol. The maximum Gasteiger partial charge on any atom is 0.152 e.